The fourth-order valence-corrected chi connectivity index (χ4v) is 4.45. The quantitative estimate of drug-likeness (QED) is 0.450. The van der Waals surface area contributed by atoms with Crippen molar-refractivity contribution in [2.24, 2.45) is 11.8 Å². The first-order chi connectivity index (χ1) is 13.6. The summed E-state index contributed by atoms with van der Waals surface area (Å²) < 4.78 is 6.03. The lowest BCUT2D eigenvalue weighted by atomic mass is 9.77. The molecule has 28 heavy (non-hydrogen) atoms. The highest BCUT2D eigenvalue weighted by atomic mass is 16.5. The molecule has 1 aromatic rings. The predicted molar refractivity (Wildman–Crippen MR) is 108 cm³/mol. The number of carbonyl (C=O) groups is 2. The van der Waals surface area contributed by atoms with Gasteiger partial charge in [0.2, 0.25) is 5.91 Å². The smallest absolute Gasteiger partial charge is 0.303 e. The van der Waals surface area contributed by atoms with Gasteiger partial charge in [-0.25, -0.2) is 0 Å². The number of amides is 1. The Hall–Kier alpha value is -2.14. The molecule has 0 saturated carbocycles. The molecule has 2 aliphatic heterocycles. The van der Waals surface area contributed by atoms with Crippen molar-refractivity contribution in [1.29, 1.82) is 0 Å². The SMILES string of the molecule is O=C(O)CCCC=CC[C@@H]1[C@H](C(=O)NCCCc2ccccc2)[C@@H]2CC[C@H]1O2. The van der Waals surface area contributed by atoms with E-state index in [1.807, 2.05) is 24.3 Å². The van der Waals surface area contributed by atoms with Gasteiger partial charge in [-0.05, 0) is 50.5 Å². The van der Waals surface area contributed by atoms with Crippen LogP contribution in [0.4, 0.5) is 0 Å². The molecular formula is C23H31NO4. The zero-order valence-corrected chi connectivity index (χ0v) is 16.4. The second-order valence-electron chi connectivity index (χ2n) is 7.85. The van der Waals surface area contributed by atoms with Gasteiger partial charge in [-0.3, -0.25) is 9.59 Å². The lowest BCUT2D eigenvalue weighted by Gasteiger charge is -2.26. The van der Waals surface area contributed by atoms with Crippen LogP contribution < -0.4 is 5.32 Å². The minimum Gasteiger partial charge on any atom is -0.481 e. The van der Waals surface area contributed by atoms with Crippen LogP contribution in [0.25, 0.3) is 0 Å². The molecule has 4 atom stereocenters. The van der Waals surface area contributed by atoms with E-state index in [1.54, 1.807) is 0 Å². The Morgan fingerprint density at radius 1 is 1.11 bits per heavy atom. The van der Waals surface area contributed by atoms with Crippen LogP contribution in [-0.2, 0) is 20.7 Å². The van der Waals surface area contributed by atoms with Gasteiger partial charge in [0.25, 0.3) is 0 Å². The first kappa shape index (κ1) is 20.6. The molecule has 152 valence electrons. The minimum absolute atomic E-state index is 0.0563. The third-order valence-electron chi connectivity index (χ3n) is 5.85. The van der Waals surface area contributed by atoms with Crippen molar-refractivity contribution in [3.8, 4) is 0 Å². The number of carbonyl (C=O) groups excluding carboxylic acids is 1. The van der Waals surface area contributed by atoms with Crippen molar-refractivity contribution in [1.82, 2.24) is 5.32 Å². The summed E-state index contributed by atoms with van der Waals surface area (Å²) >= 11 is 0. The van der Waals surface area contributed by atoms with E-state index in [1.165, 1.54) is 5.56 Å². The third kappa shape index (κ3) is 5.68. The molecular weight excluding hydrogens is 354 g/mol. The average molecular weight is 386 g/mol. The molecule has 1 aromatic carbocycles. The van der Waals surface area contributed by atoms with E-state index in [0.29, 0.717) is 13.0 Å². The number of hydrogen-bond donors (Lipinski definition) is 2. The number of ether oxygens (including phenoxy) is 1. The summed E-state index contributed by atoms with van der Waals surface area (Å²) in [7, 11) is 0. The normalized spacial score (nSPS) is 26.0. The van der Waals surface area contributed by atoms with Crippen molar-refractivity contribution in [2.75, 3.05) is 6.54 Å². The molecule has 0 radical (unpaired) electrons. The van der Waals surface area contributed by atoms with Gasteiger partial charge in [0.05, 0.1) is 18.1 Å². The summed E-state index contributed by atoms with van der Waals surface area (Å²) in [4.78, 5) is 23.3. The molecule has 2 saturated heterocycles. The van der Waals surface area contributed by atoms with E-state index in [-0.39, 0.29) is 36.4 Å². The summed E-state index contributed by atoms with van der Waals surface area (Å²) in [5.41, 5.74) is 1.30. The number of aliphatic carboxylic acids is 1. The van der Waals surface area contributed by atoms with Crippen LogP contribution in [0.3, 0.4) is 0 Å². The molecule has 0 aromatic heterocycles. The maximum absolute atomic E-state index is 12.8. The monoisotopic (exact) mass is 385 g/mol. The number of hydrogen-bond acceptors (Lipinski definition) is 3. The Kier molecular flexibility index (Phi) is 7.66. The molecule has 3 rings (SSSR count). The van der Waals surface area contributed by atoms with Crippen LogP contribution in [0.2, 0.25) is 0 Å². The number of aryl methyl sites for hydroxylation is 1. The van der Waals surface area contributed by atoms with Crippen LogP contribution in [-0.4, -0.2) is 35.7 Å². The Bertz CT molecular complexity index is 672. The minimum atomic E-state index is -0.751. The number of fused-ring (bicyclic) bond motifs is 2. The van der Waals surface area contributed by atoms with Crippen molar-refractivity contribution in [3.63, 3.8) is 0 Å². The zero-order chi connectivity index (χ0) is 19.8. The number of carboxylic acid groups (broad SMARTS) is 1. The lowest BCUT2D eigenvalue weighted by Crippen LogP contribution is -2.41. The first-order valence-electron chi connectivity index (χ1n) is 10.5. The maximum Gasteiger partial charge on any atom is 0.303 e. The van der Waals surface area contributed by atoms with E-state index >= 15 is 0 Å². The number of unbranched alkanes of at least 4 members (excludes halogenated alkanes) is 1. The topological polar surface area (TPSA) is 75.6 Å². The van der Waals surface area contributed by atoms with Crippen molar-refractivity contribution in [2.45, 2.75) is 63.6 Å². The molecule has 0 unspecified atom stereocenters. The summed E-state index contributed by atoms with van der Waals surface area (Å²) in [5, 5.41) is 11.8. The predicted octanol–water partition coefficient (Wildman–Crippen LogP) is 3.73. The Morgan fingerprint density at radius 2 is 1.89 bits per heavy atom. The summed E-state index contributed by atoms with van der Waals surface area (Å²) in [5.74, 6) is -0.439. The second-order valence-corrected chi connectivity index (χ2v) is 7.85. The summed E-state index contributed by atoms with van der Waals surface area (Å²) in [6, 6.07) is 10.3. The van der Waals surface area contributed by atoms with E-state index in [0.717, 1.165) is 38.5 Å². The van der Waals surface area contributed by atoms with Gasteiger partial charge in [-0.15, -0.1) is 0 Å². The number of rotatable bonds is 11. The first-order valence-corrected chi connectivity index (χ1v) is 10.5. The fraction of sp³-hybridized carbons (Fsp3) is 0.565. The van der Waals surface area contributed by atoms with Gasteiger partial charge < -0.3 is 15.2 Å². The Balaban J connectivity index is 1.42. The maximum atomic E-state index is 12.8. The molecule has 2 N–H and O–H groups in total. The van der Waals surface area contributed by atoms with Gasteiger partial charge in [0.1, 0.15) is 0 Å². The molecule has 0 spiro atoms. The highest BCUT2D eigenvalue weighted by molar-refractivity contribution is 5.80. The van der Waals surface area contributed by atoms with E-state index in [2.05, 4.69) is 23.5 Å². The third-order valence-corrected chi connectivity index (χ3v) is 5.85. The molecule has 5 heteroatoms. The van der Waals surface area contributed by atoms with Crippen molar-refractivity contribution >= 4 is 11.9 Å². The highest BCUT2D eigenvalue weighted by Gasteiger charge is 2.51. The number of allylic oxidation sites excluding steroid dienone is 2. The van der Waals surface area contributed by atoms with E-state index < -0.39 is 5.97 Å². The fourth-order valence-electron chi connectivity index (χ4n) is 4.45. The lowest BCUT2D eigenvalue weighted by molar-refractivity contribution is -0.137. The largest absolute Gasteiger partial charge is 0.481 e. The van der Waals surface area contributed by atoms with Crippen LogP contribution in [0.1, 0.15) is 50.5 Å². The van der Waals surface area contributed by atoms with Crippen molar-refractivity contribution in [3.05, 3.63) is 48.0 Å². The van der Waals surface area contributed by atoms with Gasteiger partial charge in [-0.2, -0.15) is 0 Å². The molecule has 5 nitrogen and oxygen atoms in total. The van der Waals surface area contributed by atoms with Crippen LogP contribution in [0.15, 0.2) is 42.5 Å². The molecule has 0 aliphatic carbocycles. The van der Waals surface area contributed by atoms with Gasteiger partial charge >= 0.3 is 5.97 Å². The molecule has 2 bridgehead atoms. The van der Waals surface area contributed by atoms with Crippen LogP contribution in [0, 0.1) is 11.8 Å². The molecule has 2 heterocycles. The van der Waals surface area contributed by atoms with Gasteiger partial charge in [-0.1, -0.05) is 42.5 Å². The number of carboxylic acids is 1. The van der Waals surface area contributed by atoms with Crippen LogP contribution >= 0.6 is 0 Å². The number of benzene rings is 1. The number of nitrogens with one attached hydrogen (secondary N) is 1. The van der Waals surface area contributed by atoms with Crippen LogP contribution in [0.5, 0.6) is 0 Å². The molecule has 1 amide bonds. The van der Waals surface area contributed by atoms with Gasteiger partial charge in [0, 0.05) is 18.9 Å². The summed E-state index contributed by atoms with van der Waals surface area (Å²) in [6.45, 7) is 0.694. The Labute approximate surface area is 167 Å². The molecule has 2 aliphatic rings. The van der Waals surface area contributed by atoms with E-state index in [9.17, 15) is 9.59 Å². The highest BCUT2D eigenvalue weighted by Crippen LogP contribution is 2.45. The van der Waals surface area contributed by atoms with Gasteiger partial charge in [0.15, 0.2) is 0 Å². The second kappa shape index (κ2) is 10.4. The molecule has 2 fully saturated rings. The van der Waals surface area contributed by atoms with Crippen molar-refractivity contribution < 1.29 is 19.4 Å². The Morgan fingerprint density at radius 3 is 2.68 bits per heavy atom. The van der Waals surface area contributed by atoms with E-state index in [4.69, 9.17) is 9.84 Å². The zero-order valence-electron chi connectivity index (χ0n) is 16.4. The average Bonchev–Trinajstić information content (AvgIpc) is 3.30. The summed E-state index contributed by atoms with van der Waals surface area (Å²) in [6.07, 6.45) is 10.8. The standard InChI is InChI=1S/C23H31NO4/c25-21(26)13-7-2-1-6-12-18-19-14-15-20(28-19)22(18)23(27)24-16-8-11-17-9-4-3-5-10-17/h1,3-6,9-10,18-20,22H,2,7-8,11-16H2,(H,24,27)(H,25,26)/t18-,19+,20-,22-/m0/s1.